The van der Waals surface area contributed by atoms with Crippen molar-refractivity contribution >= 4 is 33.2 Å². The van der Waals surface area contributed by atoms with Crippen LogP contribution in [0.15, 0.2) is 17.0 Å². The van der Waals surface area contributed by atoms with E-state index in [4.69, 9.17) is 33.7 Å². The van der Waals surface area contributed by atoms with Gasteiger partial charge in [-0.1, -0.05) is 23.2 Å². The molecule has 2 rings (SSSR count). The van der Waals surface area contributed by atoms with Gasteiger partial charge < -0.3 is 10.5 Å². The van der Waals surface area contributed by atoms with Crippen molar-refractivity contribution in [2.24, 2.45) is 11.7 Å². The van der Waals surface area contributed by atoms with E-state index in [1.165, 1.54) is 6.07 Å². The van der Waals surface area contributed by atoms with E-state index in [0.29, 0.717) is 29.7 Å². The number of hydrogen-bond acceptors (Lipinski definition) is 4. The first-order valence-corrected chi connectivity index (χ1v) is 8.93. The van der Waals surface area contributed by atoms with E-state index in [-0.39, 0.29) is 16.5 Å². The number of nitrogens with one attached hydrogen (secondary N) is 1. The first kappa shape index (κ1) is 17.0. The lowest BCUT2D eigenvalue weighted by Gasteiger charge is -2.12. The Morgan fingerprint density at radius 2 is 2.14 bits per heavy atom. The molecule has 0 radical (unpaired) electrons. The van der Waals surface area contributed by atoms with E-state index in [0.717, 1.165) is 19.4 Å². The van der Waals surface area contributed by atoms with E-state index in [9.17, 15) is 8.42 Å². The highest BCUT2D eigenvalue weighted by Crippen LogP contribution is 2.29. The predicted octanol–water partition coefficient (Wildman–Crippen LogP) is 2.16. The molecule has 1 fully saturated rings. The number of benzene rings is 1. The van der Waals surface area contributed by atoms with Crippen LogP contribution in [0.3, 0.4) is 0 Å². The maximum absolute atomic E-state index is 12.3. The largest absolute Gasteiger partial charge is 0.381 e. The fourth-order valence-corrected chi connectivity index (χ4v) is 4.24. The number of rotatable bonds is 6. The monoisotopic (exact) mass is 352 g/mol. The van der Waals surface area contributed by atoms with Crippen LogP contribution in [-0.2, 0) is 21.3 Å². The van der Waals surface area contributed by atoms with Crippen LogP contribution < -0.4 is 10.5 Å². The molecule has 1 saturated heterocycles. The summed E-state index contributed by atoms with van der Waals surface area (Å²) >= 11 is 12.0. The standard InChI is InChI=1S/C13H18Cl2N2O3S/c14-11-5-10(7-16)13(15)12(6-11)21(18,19)17-3-1-9-2-4-20-8-9/h5-6,9,17H,1-4,7-8,16H2. The molecular weight excluding hydrogens is 335 g/mol. The zero-order valence-electron chi connectivity index (χ0n) is 11.4. The van der Waals surface area contributed by atoms with Gasteiger partial charge in [-0.25, -0.2) is 13.1 Å². The van der Waals surface area contributed by atoms with Crippen molar-refractivity contribution < 1.29 is 13.2 Å². The van der Waals surface area contributed by atoms with Gasteiger partial charge in [0.2, 0.25) is 10.0 Å². The van der Waals surface area contributed by atoms with Crippen LogP contribution in [0.2, 0.25) is 10.0 Å². The molecule has 0 aliphatic carbocycles. The average molecular weight is 353 g/mol. The summed E-state index contributed by atoms with van der Waals surface area (Å²) in [6.07, 6.45) is 1.71. The normalized spacial score (nSPS) is 19.1. The summed E-state index contributed by atoms with van der Waals surface area (Å²) < 4.78 is 32.5. The van der Waals surface area contributed by atoms with Gasteiger partial charge in [0.15, 0.2) is 0 Å². The molecule has 0 aromatic heterocycles. The Bertz CT molecular complexity index is 602. The van der Waals surface area contributed by atoms with Crippen LogP contribution in [0.5, 0.6) is 0 Å². The molecule has 21 heavy (non-hydrogen) atoms. The fourth-order valence-electron chi connectivity index (χ4n) is 2.25. The van der Waals surface area contributed by atoms with Crippen molar-refractivity contribution in [2.45, 2.75) is 24.3 Å². The molecule has 1 aliphatic heterocycles. The van der Waals surface area contributed by atoms with Gasteiger partial charge in [0.25, 0.3) is 0 Å². The Labute approximate surface area is 134 Å². The average Bonchev–Trinajstić information content (AvgIpc) is 2.93. The lowest BCUT2D eigenvalue weighted by atomic mass is 10.1. The van der Waals surface area contributed by atoms with Gasteiger partial charge in [-0.3, -0.25) is 0 Å². The van der Waals surface area contributed by atoms with Gasteiger partial charge in [0, 0.05) is 31.3 Å². The number of ether oxygens (including phenoxy) is 1. The van der Waals surface area contributed by atoms with Crippen molar-refractivity contribution in [1.82, 2.24) is 4.72 Å². The lowest BCUT2D eigenvalue weighted by Crippen LogP contribution is -2.27. The molecule has 1 aliphatic rings. The van der Waals surface area contributed by atoms with Gasteiger partial charge in [-0.15, -0.1) is 0 Å². The zero-order chi connectivity index (χ0) is 15.5. The summed E-state index contributed by atoms with van der Waals surface area (Å²) in [7, 11) is -3.70. The van der Waals surface area contributed by atoms with E-state index in [2.05, 4.69) is 4.72 Å². The fraction of sp³-hybridized carbons (Fsp3) is 0.538. The molecule has 1 heterocycles. The molecule has 0 spiro atoms. The topological polar surface area (TPSA) is 81.4 Å². The van der Waals surface area contributed by atoms with Crippen molar-refractivity contribution in [3.05, 3.63) is 27.7 Å². The first-order chi connectivity index (χ1) is 9.94. The molecule has 0 bridgehead atoms. The van der Waals surface area contributed by atoms with Crippen molar-refractivity contribution in [1.29, 1.82) is 0 Å². The van der Waals surface area contributed by atoms with Gasteiger partial charge >= 0.3 is 0 Å². The molecule has 1 aromatic carbocycles. The maximum Gasteiger partial charge on any atom is 0.242 e. The Balaban J connectivity index is 2.09. The zero-order valence-corrected chi connectivity index (χ0v) is 13.8. The van der Waals surface area contributed by atoms with E-state index in [1.807, 2.05) is 0 Å². The van der Waals surface area contributed by atoms with Crippen LogP contribution in [0.1, 0.15) is 18.4 Å². The third-order valence-corrected chi connectivity index (χ3v) is 5.72. The summed E-state index contributed by atoms with van der Waals surface area (Å²) in [5.74, 6) is 0.405. The first-order valence-electron chi connectivity index (χ1n) is 6.69. The highest BCUT2D eigenvalue weighted by atomic mass is 35.5. The Hall–Kier alpha value is -0.370. The third kappa shape index (κ3) is 4.31. The summed E-state index contributed by atoms with van der Waals surface area (Å²) in [6.45, 7) is 1.91. The second-order valence-electron chi connectivity index (χ2n) is 5.00. The van der Waals surface area contributed by atoms with Gasteiger partial charge in [-0.2, -0.15) is 0 Å². The lowest BCUT2D eigenvalue weighted by molar-refractivity contribution is 0.184. The molecule has 0 amide bonds. The number of hydrogen-bond donors (Lipinski definition) is 2. The Morgan fingerprint density at radius 1 is 1.38 bits per heavy atom. The number of halogens is 2. The van der Waals surface area contributed by atoms with Crippen LogP contribution >= 0.6 is 23.2 Å². The quantitative estimate of drug-likeness (QED) is 0.821. The summed E-state index contributed by atoms with van der Waals surface area (Å²) in [5, 5.41) is 0.419. The molecule has 118 valence electrons. The van der Waals surface area contributed by atoms with Crippen molar-refractivity contribution in [3.8, 4) is 0 Å². The summed E-state index contributed by atoms with van der Waals surface area (Å²) in [4.78, 5) is -0.0280. The molecule has 1 unspecified atom stereocenters. The molecule has 1 aromatic rings. The molecule has 0 saturated carbocycles. The second-order valence-corrected chi connectivity index (χ2v) is 7.55. The maximum atomic E-state index is 12.3. The third-order valence-electron chi connectivity index (χ3n) is 3.46. The van der Waals surface area contributed by atoms with Crippen molar-refractivity contribution in [2.75, 3.05) is 19.8 Å². The van der Waals surface area contributed by atoms with Crippen LogP contribution in [-0.4, -0.2) is 28.2 Å². The van der Waals surface area contributed by atoms with E-state index >= 15 is 0 Å². The molecule has 3 N–H and O–H groups in total. The minimum atomic E-state index is -3.70. The summed E-state index contributed by atoms with van der Waals surface area (Å²) in [6, 6.07) is 2.91. The van der Waals surface area contributed by atoms with Crippen molar-refractivity contribution in [3.63, 3.8) is 0 Å². The molecule has 1 atom stereocenters. The minimum absolute atomic E-state index is 0.0280. The van der Waals surface area contributed by atoms with Gasteiger partial charge in [-0.05, 0) is 36.5 Å². The number of sulfonamides is 1. The van der Waals surface area contributed by atoms with Crippen LogP contribution in [0.25, 0.3) is 0 Å². The van der Waals surface area contributed by atoms with Crippen LogP contribution in [0.4, 0.5) is 0 Å². The second kappa shape index (κ2) is 7.26. The SMILES string of the molecule is NCc1cc(Cl)cc(S(=O)(=O)NCCC2CCOC2)c1Cl. The van der Waals surface area contributed by atoms with E-state index < -0.39 is 10.0 Å². The molecule has 8 heteroatoms. The Morgan fingerprint density at radius 3 is 2.76 bits per heavy atom. The van der Waals surface area contributed by atoms with E-state index in [1.54, 1.807) is 6.07 Å². The Kier molecular flexibility index (Phi) is 5.88. The predicted molar refractivity (Wildman–Crippen MR) is 83.1 cm³/mol. The molecule has 5 nitrogen and oxygen atoms in total. The number of nitrogens with two attached hydrogens (primary N) is 1. The highest BCUT2D eigenvalue weighted by Gasteiger charge is 2.22. The smallest absolute Gasteiger partial charge is 0.242 e. The molecular formula is C13H18Cl2N2O3S. The van der Waals surface area contributed by atoms with Crippen LogP contribution in [0, 0.1) is 5.92 Å². The van der Waals surface area contributed by atoms with Gasteiger partial charge in [0.1, 0.15) is 4.90 Å². The minimum Gasteiger partial charge on any atom is -0.381 e. The highest BCUT2D eigenvalue weighted by molar-refractivity contribution is 7.89. The summed E-state index contributed by atoms with van der Waals surface area (Å²) in [5.41, 5.74) is 6.05. The van der Waals surface area contributed by atoms with Gasteiger partial charge in [0.05, 0.1) is 5.02 Å².